The molecule has 1 N–H and O–H groups in total. The van der Waals surface area contributed by atoms with E-state index in [1.165, 1.54) is 6.42 Å². The van der Waals surface area contributed by atoms with Gasteiger partial charge in [-0.15, -0.1) is 0 Å². The summed E-state index contributed by atoms with van der Waals surface area (Å²) in [6, 6.07) is 0. The number of hydrogen-bond acceptors (Lipinski definition) is 2. The summed E-state index contributed by atoms with van der Waals surface area (Å²) in [5.74, 6) is 0.795. The fourth-order valence-electron chi connectivity index (χ4n) is 0.477. The van der Waals surface area contributed by atoms with Gasteiger partial charge < -0.3 is 10.1 Å². The van der Waals surface area contributed by atoms with Crippen LogP contribution in [0.15, 0.2) is 12.3 Å². The molecule has 12 heavy (non-hydrogen) atoms. The van der Waals surface area contributed by atoms with Crippen LogP contribution in [0.5, 0.6) is 0 Å². The first-order valence-electron chi connectivity index (χ1n) is 4.65. The minimum atomic E-state index is 0.768. The topological polar surface area (TPSA) is 21.3 Å². The Hall–Kier alpha value is -0.500. The largest absolute Gasteiger partial charge is 0.500 e. The van der Waals surface area contributed by atoms with Crippen molar-refractivity contribution in [3.8, 4) is 0 Å². The fraction of sp³-hybridized carbons (Fsp3) is 0.800. The van der Waals surface area contributed by atoms with Gasteiger partial charge >= 0.3 is 0 Å². The molecule has 0 saturated carbocycles. The quantitative estimate of drug-likeness (QED) is 0.509. The third kappa shape index (κ3) is 16.2. The highest BCUT2D eigenvalue weighted by molar-refractivity contribution is 4.83. The number of rotatable bonds is 5. The third-order valence-electron chi connectivity index (χ3n) is 1.04. The van der Waals surface area contributed by atoms with Crippen molar-refractivity contribution in [2.75, 3.05) is 20.2 Å². The maximum absolute atomic E-state index is 4.84. The minimum Gasteiger partial charge on any atom is -0.500 e. The van der Waals surface area contributed by atoms with E-state index in [-0.39, 0.29) is 0 Å². The highest BCUT2D eigenvalue weighted by atomic mass is 16.5. The van der Waals surface area contributed by atoms with Gasteiger partial charge in [0.25, 0.3) is 0 Å². The van der Waals surface area contributed by atoms with Crippen molar-refractivity contribution in [2.24, 2.45) is 0 Å². The maximum Gasteiger partial charge on any atom is 0.102 e. The van der Waals surface area contributed by atoms with Crippen molar-refractivity contribution in [2.45, 2.75) is 33.6 Å². The zero-order valence-electron chi connectivity index (χ0n) is 8.94. The Labute approximate surface area is 77.0 Å². The Balaban J connectivity index is 0. The SMILES string of the molecule is C=C(CNCCC)OC.CCC. The van der Waals surface area contributed by atoms with Crippen molar-refractivity contribution in [3.63, 3.8) is 0 Å². The molecule has 0 atom stereocenters. The maximum atomic E-state index is 4.84. The molecule has 0 amide bonds. The first kappa shape index (κ1) is 14.0. The molecule has 0 heterocycles. The molecule has 0 aromatic heterocycles. The predicted octanol–water partition coefficient (Wildman–Crippen LogP) is 2.56. The molecule has 0 unspecified atom stereocenters. The number of ether oxygens (including phenoxy) is 1. The summed E-state index contributed by atoms with van der Waals surface area (Å²) in [4.78, 5) is 0. The highest BCUT2D eigenvalue weighted by Crippen LogP contribution is 1.85. The van der Waals surface area contributed by atoms with Crippen LogP contribution in [0.4, 0.5) is 0 Å². The van der Waals surface area contributed by atoms with E-state index in [1.807, 2.05) is 0 Å². The lowest BCUT2D eigenvalue weighted by molar-refractivity contribution is 0.281. The second-order valence-corrected chi connectivity index (χ2v) is 2.63. The molecule has 0 aromatic carbocycles. The van der Waals surface area contributed by atoms with Crippen molar-refractivity contribution >= 4 is 0 Å². The lowest BCUT2D eigenvalue weighted by atomic mass is 10.4. The Bertz CT molecular complexity index is 91.8. The van der Waals surface area contributed by atoms with Gasteiger partial charge in [-0.25, -0.2) is 0 Å². The van der Waals surface area contributed by atoms with E-state index >= 15 is 0 Å². The van der Waals surface area contributed by atoms with Crippen molar-refractivity contribution in [1.29, 1.82) is 0 Å². The second-order valence-electron chi connectivity index (χ2n) is 2.63. The highest BCUT2D eigenvalue weighted by Gasteiger charge is 1.87. The second kappa shape index (κ2) is 13.1. The van der Waals surface area contributed by atoms with E-state index in [2.05, 4.69) is 32.7 Å². The van der Waals surface area contributed by atoms with Crippen molar-refractivity contribution in [3.05, 3.63) is 12.3 Å². The van der Waals surface area contributed by atoms with Crippen LogP contribution in [-0.2, 0) is 4.74 Å². The van der Waals surface area contributed by atoms with E-state index < -0.39 is 0 Å². The fourth-order valence-corrected chi connectivity index (χ4v) is 0.477. The number of methoxy groups -OCH3 is 1. The van der Waals surface area contributed by atoms with Crippen LogP contribution >= 0.6 is 0 Å². The van der Waals surface area contributed by atoms with Gasteiger partial charge in [0.05, 0.1) is 13.7 Å². The van der Waals surface area contributed by atoms with Gasteiger partial charge in [-0.3, -0.25) is 0 Å². The van der Waals surface area contributed by atoms with Crippen LogP contribution in [0, 0.1) is 0 Å². The summed E-state index contributed by atoms with van der Waals surface area (Å²) in [5.41, 5.74) is 0. The van der Waals surface area contributed by atoms with Gasteiger partial charge in [0.1, 0.15) is 5.76 Å². The minimum absolute atomic E-state index is 0.768. The van der Waals surface area contributed by atoms with E-state index in [0.29, 0.717) is 0 Å². The summed E-state index contributed by atoms with van der Waals surface area (Å²) in [7, 11) is 1.63. The molecule has 0 radical (unpaired) electrons. The summed E-state index contributed by atoms with van der Waals surface area (Å²) >= 11 is 0. The summed E-state index contributed by atoms with van der Waals surface area (Å²) in [5, 5.41) is 3.16. The van der Waals surface area contributed by atoms with Crippen molar-refractivity contribution in [1.82, 2.24) is 5.32 Å². The standard InChI is InChI=1S/C7H15NO.C3H8/c1-4-5-8-6-7(2)9-3;1-3-2/h8H,2,4-6H2,1,3H3;3H2,1-2H3. The lowest BCUT2D eigenvalue weighted by Gasteiger charge is -2.03. The van der Waals surface area contributed by atoms with Crippen LogP contribution < -0.4 is 5.32 Å². The molecule has 0 fully saturated rings. The van der Waals surface area contributed by atoms with E-state index in [1.54, 1.807) is 7.11 Å². The molecule has 0 aliphatic carbocycles. The average molecular weight is 173 g/mol. The van der Waals surface area contributed by atoms with Crippen LogP contribution in [-0.4, -0.2) is 20.2 Å². The zero-order valence-corrected chi connectivity index (χ0v) is 8.94. The molecule has 74 valence electrons. The van der Waals surface area contributed by atoms with Gasteiger partial charge in [0, 0.05) is 0 Å². The Morgan fingerprint density at radius 3 is 2.17 bits per heavy atom. The number of nitrogens with one attached hydrogen (secondary N) is 1. The van der Waals surface area contributed by atoms with E-state index in [4.69, 9.17) is 4.74 Å². The Morgan fingerprint density at radius 2 is 1.83 bits per heavy atom. The van der Waals surface area contributed by atoms with Crippen molar-refractivity contribution < 1.29 is 4.74 Å². The molecule has 2 heteroatoms. The first-order valence-corrected chi connectivity index (χ1v) is 4.65. The number of hydrogen-bond donors (Lipinski definition) is 1. The van der Waals surface area contributed by atoms with Gasteiger partial charge in [-0.05, 0) is 13.0 Å². The van der Waals surface area contributed by atoms with E-state index in [9.17, 15) is 0 Å². The van der Waals surface area contributed by atoms with Gasteiger partial charge in [0.15, 0.2) is 0 Å². The molecule has 0 aliphatic heterocycles. The van der Waals surface area contributed by atoms with Gasteiger partial charge in [0.2, 0.25) is 0 Å². The Morgan fingerprint density at radius 1 is 1.33 bits per heavy atom. The van der Waals surface area contributed by atoms with Crippen LogP contribution in [0.2, 0.25) is 0 Å². The zero-order chi connectivity index (χ0) is 9.82. The molecule has 0 spiro atoms. The lowest BCUT2D eigenvalue weighted by Crippen LogP contribution is -2.17. The molecule has 0 saturated heterocycles. The molecule has 0 rings (SSSR count). The normalized spacial score (nSPS) is 8.33. The van der Waals surface area contributed by atoms with Crippen LogP contribution in [0.1, 0.15) is 33.6 Å². The Kier molecular flexibility index (Phi) is 15.4. The van der Waals surface area contributed by atoms with E-state index in [0.717, 1.165) is 25.3 Å². The molecular weight excluding hydrogens is 150 g/mol. The molecular formula is C10H23NO. The predicted molar refractivity (Wildman–Crippen MR) is 55.3 cm³/mol. The van der Waals surface area contributed by atoms with Gasteiger partial charge in [-0.1, -0.05) is 33.8 Å². The molecule has 0 aliphatic rings. The third-order valence-corrected chi connectivity index (χ3v) is 1.04. The summed E-state index contributed by atoms with van der Waals surface area (Å²) in [6.07, 6.45) is 2.40. The van der Waals surface area contributed by atoms with Gasteiger partial charge in [-0.2, -0.15) is 0 Å². The first-order chi connectivity index (χ1) is 5.72. The van der Waals surface area contributed by atoms with Crippen LogP contribution in [0.3, 0.4) is 0 Å². The smallest absolute Gasteiger partial charge is 0.102 e. The molecule has 0 aromatic rings. The molecule has 0 bridgehead atoms. The monoisotopic (exact) mass is 173 g/mol. The summed E-state index contributed by atoms with van der Waals surface area (Å²) in [6.45, 7) is 11.8. The van der Waals surface area contributed by atoms with Crippen LogP contribution in [0.25, 0.3) is 0 Å². The average Bonchev–Trinajstić information content (AvgIpc) is 2.06. The summed E-state index contributed by atoms with van der Waals surface area (Å²) < 4.78 is 4.84. The molecule has 2 nitrogen and oxygen atoms in total.